The van der Waals surface area contributed by atoms with E-state index in [0.29, 0.717) is 29.0 Å². The van der Waals surface area contributed by atoms with Crippen molar-refractivity contribution in [1.82, 2.24) is 5.16 Å². The number of nitrogens with two attached hydrogens (primary N) is 1. The van der Waals surface area contributed by atoms with E-state index in [2.05, 4.69) is 19.0 Å². The average molecular weight is 276 g/mol. The molecule has 0 aliphatic rings. The zero-order chi connectivity index (χ0) is 14.7. The standard InChI is InChI=1S/C15H20N2O3/c1-9(2)8-10-14(20-17-15(10)16)13-11(18-3)6-5-7-12(13)19-4/h5-7,9H,8H2,1-4H3,(H2,16,17). The van der Waals surface area contributed by atoms with E-state index >= 15 is 0 Å². The summed E-state index contributed by atoms with van der Waals surface area (Å²) < 4.78 is 16.2. The number of ether oxygens (including phenoxy) is 2. The average Bonchev–Trinajstić information content (AvgIpc) is 2.78. The number of nitrogen functional groups attached to an aromatic ring is 1. The molecule has 2 rings (SSSR count). The molecule has 1 heterocycles. The zero-order valence-electron chi connectivity index (χ0n) is 12.3. The van der Waals surface area contributed by atoms with Gasteiger partial charge in [0.05, 0.1) is 14.2 Å². The number of methoxy groups -OCH3 is 2. The van der Waals surface area contributed by atoms with Crippen molar-refractivity contribution in [2.75, 3.05) is 20.0 Å². The van der Waals surface area contributed by atoms with Crippen molar-refractivity contribution in [3.05, 3.63) is 23.8 Å². The van der Waals surface area contributed by atoms with Crippen LogP contribution >= 0.6 is 0 Å². The van der Waals surface area contributed by atoms with Crippen LogP contribution in [0.5, 0.6) is 11.5 Å². The van der Waals surface area contributed by atoms with Crippen molar-refractivity contribution in [2.45, 2.75) is 20.3 Å². The van der Waals surface area contributed by atoms with E-state index in [-0.39, 0.29) is 0 Å². The van der Waals surface area contributed by atoms with Crippen LogP contribution in [0.4, 0.5) is 5.82 Å². The zero-order valence-corrected chi connectivity index (χ0v) is 12.3. The van der Waals surface area contributed by atoms with E-state index in [1.165, 1.54) is 0 Å². The molecule has 1 aromatic carbocycles. The highest BCUT2D eigenvalue weighted by atomic mass is 16.5. The summed E-state index contributed by atoms with van der Waals surface area (Å²) in [5.74, 6) is 2.82. The third-order valence-electron chi connectivity index (χ3n) is 3.09. The molecule has 0 amide bonds. The van der Waals surface area contributed by atoms with Gasteiger partial charge in [-0.2, -0.15) is 0 Å². The fourth-order valence-electron chi connectivity index (χ4n) is 2.20. The first-order chi connectivity index (χ1) is 9.58. The molecule has 5 nitrogen and oxygen atoms in total. The molecule has 1 aromatic heterocycles. The normalized spacial score (nSPS) is 10.8. The van der Waals surface area contributed by atoms with Crippen LogP contribution in [0.25, 0.3) is 11.3 Å². The topological polar surface area (TPSA) is 70.5 Å². The second-order valence-corrected chi connectivity index (χ2v) is 5.01. The van der Waals surface area contributed by atoms with Crippen LogP contribution in [-0.4, -0.2) is 19.4 Å². The summed E-state index contributed by atoms with van der Waals surface area (Å²) in [6.07, 6.45) is 0.784. The predicted molar refractivity (Wildman–Crippen MR) is 78.0 cm³/mol. The molecule has 0 saturated carbocycles. The van der Waals surface area contributed by atoms with Crippen molar-refractivity contribution in [3.63, 3.8) is 0 Å². The second kappa shape index (κ2) is 5.86. The molecule has 108 valence electrons. The van der Waals surface area contributed by atoms with Crippen LogP contribution in [0, 0.1) is 5.92 Å². The maximum Gasteiger partial charge on any atom is 0.179 e. The van der Waals surface area contributed by atoms with Gasteiger partial charge in [-0.05, 0) is 24.5 Å². The van der Waals surface area contributed by atoms with Crippen molar-refractivity contribution in [3.8, 4) is 22.8 Å². The SMILES string of the molecule is COc1cccc(OC)c1-c1onc(N)c1CC(C)C. The summed E-state index contributed by atoms with van der Waals surface area (Å²) >= 11 is 0. The summed E-state index contributed by atoms with van der Waals surface area (Å²) in [7, 11) is 3.22. The minimum absolute atomic E-state index is 0.418. The monoisotopic (exact) mass is 276 g/mol. The van der Waals surface area contributed by atoms with Crippen molar-refractivity contribution in [2.24, 2.45) is 5.92 Å². The molecule has 2 aromatic rings. The summed E-state index contributed by atoms with van der Waals surface area (Å²) in [5.41, 5.74) is 7.56. The molecule has 0 atom stereocenters. The number of anilines is 1. The first-order valence-electron chi connectivity index (χ1n) is 6.53. The Morgan fingerprint density at radius 1 is 1.20 bits per heavy atom. The van der Waals surface area contributed by atoms with Crippen LogP contribution in [0.1, 0.15) is 19.4 Å². The molecule has 0 radical (unpaired) electrons. The minimum Gasteiger partial charge on any atom is -0.496 e. The van der Waals surface area contributed by atoms with Crippen LogP contribution in [0.15, 0.2) is 22.7 Å². The summed E-state index contributed by atoms with van der Waals surface area (Å²) in [4.78, 5) is 0. The maximum atomic E-state index is 5.92. The number of nitrogens with zero attached hydrogens (tertiary/aromatic N) is 1. The van der Waals surface area contributed by atoms with E-state index in [4.69, 9.17) is 19.7 Å². The highest BCUT2D eigenvalue weighted by Crippen LogP contribution is 2.41. The van der Waals surface area contributed by atoms with Gasteiger partial charge in [0, 0.05) is 5.56 Å². The van der Waals surface area contributed by atoms with Crippen LogP contribution in [0.3, 0.4) is 0 Å². The molecular formula is C15H20N2O3. The lowest BCUT2D eigenvalue weighted by molar-refractivity contribution is 0.386. The molecule has 0 saturated heterocycles. The highest BCUT2D eigenvalue weighted by Gasteiger charge is 2.23. The van der Waals surface area contributed by atoms with Crippen molar-refractivity contribution < 1.29 is 14.0 Å². The van der Waals surface area contributed by atoms with Gasteiger partial charge in [0.1, 0.15) is 17.1 Å². The van der Waals surface area contributed by atoms with E-state index in [1.54, 1.807) is 14.2 Å². The Kier molecular flexibility index (Phi) is 4.17. The Morgan fingerprint density at radius 2 is 1.80 bits per heavy atom. The van der Waals surface area contributed by atoms with E-state index in [1.807, 2.05) is 18.2 Å². The smallest absolute Gasteiger partial charge is 0.179 e. The van der Waals surface area contributed by atoms with Gasteiger partial charge in [0.25, 0.3) is 0 Å². The van der Waals surface area contributed by atoms with Gasteiger partial charge in [-0.15, -0.1) is 0 Å². The Labute approximate surface area is 118 Å². The van der Waals surface area contributed by atoms with Gasteiger partial charge in [-0.3, -0.25) is 0 Å². The quantitative estimate of drug-likeness (QED) is 0.908. The lowest BCUT2D eigenvalue weighted by Gasteiger charge is -2.12. The lowest BCUT2D eigenvalue weighted by atomic mass is 9.98. The summed E-state index contributed by atoms with van der Waals surface area (Å²) in [5, 5.41) is 3.89. The molecule has 0 aliphatic heterocycles. The molecular weight excluding hydrogens is 256 g/mol. The van der Waals surface area contributed by atoms with Crippen LogP contribution in [-0.2, 0) is 6.42 Å². The first-order valence-corrected chi connectivity index (χ1v) is 6.53. The maximum absolute atomic E-state index is 5.92. The van der Waals surface area contributed by atoms with E-state index in [9.17, 15) is 0 Å². The molecule has 2 N–H and O–H groups in total. The number of hydrogen-bond donors (Lipinski definition) is 1. The van der Waals surface area contributed by atoms with Gasteiger partial charge in [0.15, 0.2) is 11.6 Å². The van der Waals surface area contributed by atoms with Crippen molar-refractivity contribution >= 4 is 5.82 Å². The van der Waals surface area contributed by atoms with Gasteiger partial charge in [-0.1, -0.05) is 25.1 Å². The number of benzene rings is 1. The minimum atomic E-state index is 0.418. The number of aromatic nitrogens is 1. The Hall–Kier alpha value is -2.17. The second-order valence-electron chi connectivity index (χ2n) is 5.01. The third kappa shape index (κ3) is 2.57. The van der Waals surface area contributed by atoms with Crippen LogP contribution < -0.4 is 15.2 Å². The molecule has 20 heavy (non-hydrogen) atoms. The first kappa shape index (κ1) is 14.2. The Bertz CT molecular complexity index is 569. The van der Waals surface area contributed by atoms with E-state index in [0.717, 1.165) is 17.5 Å². The van der Waals surface area contributed by atoms with Crippen LogP contribution in [0.2, 0.25) is 0 Å². The third-order valence-corrected chi connectivity index (χ3v) is 3.09. The molecule has 0 bridgehead atoms. The van der Waals surface area contributed by atoms with Gasteiger partial charge in [0.2, 0.25) is 0 Å². The number of rotatable bonds is 5. The molecule has 5 heteroatoms. The summed E-state index contributed by atoms with van der Waals surface area (Å²) in [6, 6.07) is 5.58. The van der Waals surface area contributed by atoms with Gasteiger partial charge in [-0.25, -0.2) is 0 Å². The molecule has 0 unspecified atom stereocenters. The summed E-state index contributed by atoms with van der Waals surface area (Å²) in [6.45, 7) is 4.24. The number of hydrogen-bond acceptors (Lipinski definition) is 5. The van der Waals surface area contributed by atoms with Gasteiger partial charge < -0.3 is 19.7 Å². The highest BCUT2D eigenvalue weighted by molar-refractivity contribution is 5.77. The predicted octanol–water partition coefficient (Wildman–Crippen LogP) is 3.14. The Balaban J connectivity index is 2.62. The lowest BCUT2D eigenvalue weighted by Crippen LogP contribution is -2.00. The molecule has 0 spiro atoms. The van der Waals surface area contributed by atoms with Gasteiger partial charge >= 0.3 is 0 Å². The Morgan fingerprint density at radius 3 is 2.30 bits per heavy atom. The molecule has 0 fully saturated rings. The fraction of sp³-hybridized carbons (Fsp3) is 0.400. The largest absolute Gasteiger partial charge is 0.496 e. The molecule has 0 aliphatic carbocycles. The fourth-order valence-corrected chi connectivity index (χ4v) is 2.20. The van der Waals surface area contributed by atoms with E-state index < -0.39 is 0 Å². The van der Waals surface area contributed by atoms with Crippen molar-refractivity contribution in [1.29, 1.82) is 0 Å².